The number of alkyl carbamates (subject to hydrolysis) is 1. The van der Waals surface area contributed by atoms with E-state index in [0.29, 0.717) is 29.8 Å². The van der Waals surface area contributed by atoms with Crippen LogP contribution in [0.2, 0.25) is 0 Å². The molecule has 1 amide bonds. The quantitative estimate of drug-likeness (QED) is 0.497. The van der Waals surface area contributed by atoms with E-state index in [2.05, 4.69) is 19.2 Å². The molecule has 0 atom stereocenters. The number of hydrogen-bond donors (Lipinski definition) is 2. The Bertz CT molecular complexity index is 1100. The number of nitrogens with zero attached hydrogens (tertiary/aromatic N) is 1. The Morgan fingerprint density at radius 3 is 2.29 bits per heavy atom. The molecule has 0 spiro atoms. The molecule has 8 nitrogen and oxygen atoms in total. The van der Waals surface area contributed by atoms with Crippen molar-refractivity contribution in [1.82, 2.24) is 10.3 Å². The average molecular weight is 492 g/mol. The summed E-state index contributed by atoms with van der Waals surface area (Å²) in [6, 6.07) is 7.52. The summed E-state index contributed by atoms with van der Waals surface area (Å²) in [5.74, 6) is 0.263. The zero-order chi connectivity index (χ0) is 25.7. The molecule has 1 aromatic heterocycles. The first kappa shape index (κ1) is 27.6. The van der Waals surface area contributed by atoms with Gasteiger partial charge in [-0.2, -0.15) is 8.42 Å². The molecule has 0 bridgehead atoms. The molecule has 0 saturated heterocycles. The Balaban J connectivity index is 2.73. The van der Waals surface area contributed by atoms with Crippen LogP contribution in [0.3, 0.4) is 0 Å². The van der Waals surface area contributed by atoms with E-state index in [9.17, 15) is 13.2 Å². The summed E-state index contributed by atoms with van der Waals surface area (Å²) in [6.07, 6.45) is 0.0672. The average Bonchev–Trinajstić information content (AvgIpc) is 2.73. The van der Waals surface area contributed by atoms with E-state index in [1.54, 1.807) is 27.7 Å². The van der Waals surface area contributed by atoms with Gasteiger partial charge in [0, 0.05) is 29.9 Å². The van der Waals surface area contributed by atoms with Crippen LogP contribution in [0.4, 0.5) is 4.79 Å². The highest BCUT2D eigenvalue weighted by Gasteiger charge is 2.25. The topological polar surface area (TPSA) is 121 Å². The second-order valence-corrected chi connectivity index (χ2v) is 11.5. The number of hydrogen-bond acceptors (Lipinski definition) is 7. The SMILES string of the molecule is CCS(=O)(=O)Oc1c(C)nc(CC(C)C)c(CNC(=O)OC(C)(C)C)c1-c1ccc(CN)cc1. The van der Waals surface area contributed by atoms with Gasteiger partial charge in [-0.25, -0.2) is 4.79 Å². The Hall–Kier alpha value is -2.65. The zero-order valence-corrected chi connectivity index (χ0v) is 22.0. The van der Waals surface area contributed by atoms with Crippen LogP contribution in [0.15, 0.2) is 24.3 Å². The largest absolute Gasteiger partial charge is 0.444 e. The molecule has 0 radical (unpaired) electrons. The van der Waals surface area contributed by atoms with E-state index < -0.39 is 21.8 Å². The molecule has 1 aromatic carbocycles. The minimum atomic E-state index is -3.82. The highest BCUT2D eigenvalue weighted by molar-refractivity contribution is 7.87. The second kappa shape index (κ2) is 11.2. The number of ether oxygens (including phenoxy) is 1. The van der Waals surface area contributed by atoms with Crippen LogP contribution >= 0.6 is 0 Å². The maximum Gasteiger partial charge on any atom is 0.407 e. The van der Waals surface area contributed by atoms with Gasteiger partial charge >= 0.3 is 16.2 Å². The van der Waals surface area contributed by atoms with Gasteiger partial charge in [0.1, 0.15) is 5.60 Å². The number of pyridine rings is 1. The number of aromatic nitrogens is 1. The van der Waals surface area contributed by atoms with Crippen molar-refractivity contribution in [1.29, 1.82) is 0 Å². The number of carbonyl (C=O) groups is 1. The molecular formula is C25H37N3O5S. The van der Waals surface area contributed by atoms with Crippen LogP contribution in [0.1, 0.15) is 64.1 Å². The highest BCUT2D eigenvalue weighted by Crippen LogP contribution is 2.39. The van der Waals surface area contributed by atoms with Crippen LogP contribution in [-0.4, -0.2) is 30.8 Å². The molecule has 1 heterocycles. The third-order valence-corrected chi connectivity index (χ3v) is 6.09. The minimum Gasteiger partial charge on any atom is -0.444 e. The summed E-state index contributed by atoms with van der Waals surface area (Å²) in [4.78, 5) is 17.1. The predicted molar refractivity (Wildman–Crippen MR) is 134 cm³/mol. The first-order chi connectivity index (χ1) is 15.8. The van der Waals surface area contributed by atoms with Gasteiger partial charge in [0.15, 0.2) is 5.75 Å². The Labute approximate surface area is 203 Å². The van der Waals surface area contributed by atoms with E-state index in [0.717, 1.165) is 16.8 Å². The fraction of sp³-hybridized carbons (Fsp3) is 0.520. The monoisotopic (exact) mass is 491 g/mol. The maximum absolute atomic E-state index is 12.4. The molecule has 0 aliphatic carbocycles. The van der Waals surface area contributed by atoms with E-state index >= 15 is 0 Å². The molecule has 34 heavy (non-hydrogen) atoms. The standard InChI is InChI=1S/C25H37N3O5S/c1-8-34(30,31)33-23-17(4)28-21(13-16(2)3)20(15-27-24(29)32-25(5,6)7)22(23)19-11-9-18(14-26)10-12-19/h9-12,16H,8,13-15,26H2,1-7H3,(H,27,29). The summed E-state index contributed by atoms with van der Waals surface area (Å²) in [7, 11) is -3.82. The maximum atomic E-state index is 12.4. The van der Waals surface area contributed by atoms with Gasteiger partial charge in [0.25, 0.3) is 0 Å². The van der Waals surface area contributed by atoms with Crippen molar-refractivity contribution in [2.75, 3.05) is 5.75 Å². The van der Waals surface area contributed by atoms with Gasteiger partial charge in [0.05, 0.1) is 11.4 Å². The van der Waals surface area contributed by atoms with Gasteiger partial charge < -0.3 is 20.0 Å². The van der Waals surface area contributed by atoms with Crippen LogP contribution in [-0.2, 0) is 34.4 Å². The van der Waals surface area contributed by atoms with E-state index in [1.807, 2.05) is 24.3 Å². The molecule has 0 fully saturated rings. The lowest BCUT2D eigenvalue weighted by molar-refractivity contribution is 0.0523. The molecule has 2 rings (SSSR count). The molecule has 9 heteroatoms. The third-order valence-electron chi connectivity index (χ3n) is 4.96. The van der Waals surface area contributed by atoms with Crippen LogP contribution in [0.5, 0.6) is 5.75 Å². The molecule has 0 unspecified atom stereocenters. The molecule has 0 saturated carbocycles. The van der Waals surface area contributed by atoms with Crippen molar-refractivity contribution in [2.24, 2.45) is 11.7 Å². The number of nitrogens with two attached hydrogens (primary N) is 1. The normalized spacial score (nSPS) is 12.0. The summed E-state index contributed by atoms with van der Waals surface area (Å²) in [5, 5.41) is 2.80. The van der Waals surface area contributed by atoms with Crippen LogP contribution in [0, 0.1) is 12.8 Å². The van der Waals surface area contributed by atoms with Gasteiger partial charge in [-0.05, 0) is 58.1 Å². The lowest BCUT2D eigenvalue weighted by Crippen LogP contribution is -2.32. The first-order valence-electron chi connectivity index (χ1n) is 11.5. The smallest absolute Gasteiger partial charge is 0.407 e. The van der Waals surface area contributed by atoms with Crippen LogP contribution in [0.25, 0.3) is 11.1 Å². The van der Waals surface area contributed by atoms with Gasteiger partial charge in [-0.15, -0.1) is 0 Å². The molecule has 2 aromatic rings. The lowest BCUT2D eigenvalue weighted by Gasteiger charge is -2.23. The Morgan fingerprint density at radius 1 is 1.18 bits per heavy atom. The Kier molecular flexibility index (Phi) is 9.08. The number of benzene rings is 1. The molecule has 3 N–H and O–H groups in total. The first-order valence-corrected chi connectivity index (χ1v) is 13.0. The number of carbonyl (C=O) groups excluding carboxylic acids is 1. The van der Waals surface area contributed by atoms with E-state index in [-0.39, 0.29) is 24.0 Å². The van der Waals surface area contributed by atoms with Crippen molar-refractivity contribution < 1.29 is 22.1 Å². The lowest BCUT2D eigenvalue weighted by atomic mass is 9.93. The molecule has 0 aliphatic heterocycles. The second-order valence-electron chi connectivity index (χ2n) is 9.61. The number of aryl methyl sites for hydroxylation is 1. The summed E-state index contributed by atoms with van der Waals surface area (Å²) < 4.78 is 35.8. The zero-order valence-electron chi connectivity index (χ0n) is 21.2. The van der Waals surface area contributed by atoms with Gasteiger partial charge in [-0.3, -0.25) is 4.98 Å². The fourth-order valence-electron chi connectivity index (χ4n) is 3.40. The van der Waals surface area contributed by atoms with Crippen molar-refractivity contribution >= 4 is 16.2 Å². The Morgan fingerprint density at radius 2 is 1.79 bits per heavy atom. The van der Waals surface area contributed by atoms with Gasteiger partial charge in [-0.1, -0.05) is 38.1 Å². The molecule has 188 valence electrons. The van der Waals surface area contributed by atoms with Crippen LogP contribution < -0.4 is 15.2 Å². The predicted octanol–water partition coefficient (Wildman–Crippen LogP) is 4.47. The summed E-state index contributed by atoms with van der Waals surface area (Å²) in [5.41, 5.74) is 9.29. The van der Waals surface area contributed by atoms with Crippen molar-refractivity contribution in [3.63, 3.8) is 0 Å². The molecule has 0 aliphatic rings. The summed E-state index contributed by atoms with van der Waals surface area (Å²) in [6.45, 7) is 13.2. The highest BCUT2D eigenvalue weighted by atomic mass is 32.2. The van der Waals surface area contributed by atoms with Crippen molar-refractivity contribution in [3.8, 4) is 16.9 Å². The fourth-order valence-corrected chi connectivity index (χ4v) is 3.98. The number of rotatable bonds is 9. The minimum absolute atomic E-state index is 0.0980. The number of nitrogens with one attached hydrogen (secondary N) is 1. The van der Waals surface area contributed by atoms with Gasteiger partial charge in [0.2, 0.25) is 0 Å². The number of amides is 1. The van der Waals surface area contributed by atoms with Crippen molar-refractivity contribution in [3.05, 3.63) is 46.8 Å². The van der Waals surface area contributed by atoms with E-state index in [4.69, 9.17) is 19.6 Å². The van der Waals surface area contributed by atoms with Crippen molar-refractivity contribution in [2.45, 2.75) is 73.6 Å². The van der Waals surface area contributed by atoms with E-state index in [1.165, 1.54) is 6.92 Å². The molecular weight excluding hydrogens is 454 g/mol. The summed E-state index contributed by atoms with van der Waals surface area (Å²) >= 11 is 0. The third kappa shape index (κ3) is 7.70.